The van der Waals surface area contributed by atoms with Crippen LogP contribution in [0.2, 0.25) is 5.15 Å². The number of rotatable bonds is 4. The molecule has 19 heavy (non-hydrogen) atoms. The lowest BCUT2D eigenvalue weighted by molar-refractivity contribution is 0.219. The van der Waals surface area contributed by atoms with Gasteiger partial charge in [-0.3, -0.25) is 9.36 Å². The Hall–Kier alpha value is -0.850. The second-order valence-electron chi connectivity index (χ2n) is 4.99. The van der Waals surface area contributed by atoms with Crippen LogP contribution in [0.5, 0.6) is 0 Å². The molecule has 1 saturated carbocycles. The van der Waals surface area contributed by atoms with Gasteiger partial charge in [-0.25, -0.2) is 0 Å². The Balaban J connectivity index is 1.87. The molecule has 3 rings (SSSR count). The molecule has 1 fully saturated rings. The van der Waals surface area contributed by atoms with Gasteiger partial charge in [0.15, 0.2) is 5.15 Å². The number of aromatic nitrogens is 4. The number of aryl methyl sites for hydroxylation is 1. The maximum absolute atomic E-state index is 10.4. The molecule has 1 N–H and O–H groups in total. The van der Waals surface area contributed by atoms with Gasteiger partial charge in [0.25, 0.3) is 0 Å². The van der Waals surface area contributed by atoms with Crippen molar-refractivity contribution in [2.75, 3.05) is 0 Å². The van der Waals surface area contributed by atoms with E-state index in [9.17, 15) is 5.11 Å². The molecule has 1 aliphatic rings. The van der Waals surface area contributed by atoms with Gasteiger partial charge in [0, 0.05) is 37.1 Å². The fourth-order valence-corrected chi connectivity index (χ4v) is 2.90. The first kappa shape index (κ1) is 13.1. The minimum atomic E-state index is -0.816. The summed E-state index contributed by atoms with van der Waals surface area (Å²) >= 11 is 9.45. The number of nitrogens with zero attached hydrogens (tertiary/aromatic N) is 4. The molecule has 5 nitrogen and oxygen atoms in total. The van der Waals surface area contributed by atoms with Crippen molar-refractivity contribution >= 4 is 27.5 Å². The van der Waals surface area contributed by atoms with Crippen molar-refractivity contribution in [2.24, 2.45) is 13.0 Å². The summed E-state index contributed by atoms with van der Waals surface area (Å²) in [5.74, 6) is 0.714. The third kappa shape index (κ3) is 2.70. The molecule has 1 unspecified atom stereocenters. The minimum Gasteiger partial charge on any atom is -0.383 e. The number of halogens is 2. The average Bonchev–Trinajstić information content (AvgIpc) is 2.98. The maximum Gasteiger partial charge on any atom is 0.157 e. The van der Waals surface area contributed by atoms with Crippen LogP contribution in [-0.4, -0.2) is 24.7 Å². The molecular formula is C12H14BrClN4O. The van der Waals surface area contributed by atoms with E-state index in [2.05, 4.69) is 26.1 Å². The summed E-state index contributed by atoms with van der Waals surface area (Å²) in [6, 6.07) is 0. The first-order valence-corrected chi connectivity index (χ1v) is 7.31. The number of aliphatic hydroxyl groups excluding tert-OH is 1. The molecular weight excluding hydrogens is 332 g/mol. The second kappa shape index (κ2) is 4.92. The molecule has 2 heterocycles. The standard InChI is InChI=1S/C12H14BrClN4O/c1-17-5-8(11(13)15-17)10(19)9-6-18(16-12(9)14)4-7-2-3-7/h5-7,10,19H,2-4H2,1H3. The molecule has 0 radical (unpaired) electrons. The molecule has 0 spiro atoms. The summed E-state index contributed by atoms with van der Waals surface area (Å²) in [5.41, 5.74) is 1.31. The third-order valence-electron chi connectivity index (χ3n) is 3.28. The van der Waals surface area contributed by atoms with Gasteiger partial charge < -0.3 is 5.11 Å². The minimum absolute atomic E-state index is 0.351. The maximum atomic E-state index is 10.4. The molecule has 0 bridgehead atoms. The van der Waals surface area contributed by atoms with E-state index in [4.69, 9.17) is 11.6 Å². The van der Waals surface area contributed by atoms with Gasteiger partial charge in [-0.2, -0.15) is 10.2 Å². The monoisotopic (exact) mass is 344 g/mol. The zero-order chi connectivity index (χ0) is 13.6. The van der Waals surface area contributed by atoms with Crippen LogP contribution in [0.25, 0.3) is 0 Å². The van der Waals surface area contributed by atoms with Gasteiger partial charge in [0.1, 0.15) is 10.7 Å². The normalized spacial score (nSPS) is 16.8. The van der Waals surface area contributed by atoms with E-state index >= 15 is 0 Å². The van der Waals surface area contributed by atoms with Crippen LogP contribution in [0, 0.1) is 5.92 Å². The Bertz CT molecular complexity index is 605. The second-order valence-corrected chi connectivity index (χ2v) is 6.10. The van der Waals surface area contributed by atoms with E-state index in [1.165, 1.54) is 12.8 Å². The average molecular weight is 346 g/mol. The Labute approximate surface area is 124 Å². The summed E-state index contributed by atoms with van der Waals surface area (Å²) in [6.45, 7) is 0.876. The zero-order valence-electron chi connectivity index (χ0n) is 10.4. The van der Waals surface area contributed by atoms with E-state index in [0.29, 0.717) is 26.8 Å². The Morgan fingerprint density at radius 2 is 2.16 bits per heavy atom. The highest BCUT2D eigenvalue weighted by molar-refractivity contribution is 9.10. The smallest absolute Gasteiger partial charge is 0.157 e. The summed E-state index contributed by atoms with van der Waals surface area (Å²) in [6.07, 6.45) is 5.28. The van der Waals surface area contributed by atoms with Gasteiger partial charge in [0.2, 0.25) is 0 Å². The molecule has 102 valence electrons. The SMILES string of the molecule is Cn1cc(C(O)c2cn(CC3CC3)nc2Cl)c(Br)n1. The first-order valence-electron chi connectivity index (χ1n) is 6.14. The molecule has 0 amide bonds. The van der Waals surface area contributed by atoms with Crippen LogP contribution in [-0.2, 0) is 13.6 Å². The van der Waals surface area contributed by atoms with Crippen molar-refractivity contribution in [3.05, 3.63) is 33.3 Å². The highest BCUT2D eigenvalue weighted by Gasteiger charge is 2.25. The molecule has 0 saturated heterocycles. The topological polar surface area (TPSA) is 55.9 Å². The predicted molar refractivity (Wildman–Crippen MR) is 74.9 cm³/mol. The van der Waals surface area contributed by atoms with Gasteiger partial charge in [-0.1, -0.05) is 11.6 Å². The van der Waals surface area contributed by atoms with Crippen molar-refractivity contribution in [3.8, 4) is 0 Å². The molecule has 7 heteroatoms. The molecule has 1 aliphatic carbocycles. The lowest BCUT2D eigenvalue weighted by Crippen LogP contribution is -2.01. The fraction of sp³-hybridized carbons (Fsp3) is 0.500. The van der Waals surface area contributed by atoms with E-state index in [1.54, 1.807) is 17.9 Å². The van der Waals surface area contributed by atoms with Gasteiger partial charge >= 0.3 is 0 Å². The van der Waals surface area contributed by atoms with Crippen molar-refractivity contribution in [1.29, 1.82) is 0 Å². The van der Waals surface area contributed by atoms with Gasteiger partial charge in [-0.05, 0) is 34.7 Å². The molecule has 1 atom stereocenters. The summed E-state index contributed by atoms with van der Waals surface area (Å²) in [4.78, 5) is 0. The fourth-order valence-electron chi connectivity index (χ4n) is 2.09. The van der Waals surface area contributed by atoms with Crippen molar-refractivity contribution in [1.82, 2.24) is 19.6 Å². The first-order chi connectivity index (χ1) is 9.04. The third-order valence-corrected chi connectivity index (χ3v) is 4.19. The van der Waals surface area contributed by atoms with Crippen LogP contribution in [0.4, 0.5) is 0 Å². The summed E-state index contributed by atoms with van der Waals surface area (Å²) in [5, 5.41) is 19.2. The van der Waals surface area contributed by atoms with E-state index < -0.39 is 6.10 Å². The highest BCUT2D eigenvalue weighted by atomic mass is 79.9. The molecule has 0 aliphatic heterocycles. The molecule has 2 aromatic heterocycles. The molecule has 0 aromatic carbocycles. The Morgan fingerprint density at radius 1 is 1.42 bits per heavy atom. The largest absolute Gasteiger partial charge is 0.383 e. The van der Waals surface area contributed by atoms with Gasteiger partial charge in [0.05, 0.1) is 0 Å². The summed E-state index contributed by atoms with van der Waals surface area (Å²) < 4.78 is 4.09. The number of hydrogen-bond acceptors (Lipinski definition) is 3. The summed E-state index contributed by atoms with van der Waals surface area (Å²) in [7, 11) is 1.80. The zero-order valence-corrected chi connectivity index (χ0v) is 12.8. The van der Waals surface area contributed by atoms with Crippen molar-refractivity contribution in [3.63, 3.8) is 0 Å². The van der Waals surface area contributed by atoms with Crippen LogP contribution < -0.4 is 0 Å². The van der Waals surface area contributed by atoms with E-state index in [1.807, 2.05) is 10.9 Å². The lowest BCUT2D eigenvalue weighted by Gasteiger charge is -2.06. The Morgan fingerprint density at radius 3 is 2.74 bits per heavy atom. The number of hydrogen-bond donors (Lipinski definition) is 1. The van der Waals surface area contributed by atoms with Gasteiger partial charge in [-0.15, -0.1) is 0 Å². The van der Waals surface area contributed by atoms with Crippen LogP contribution in [0.3, 0.4) is 0 Å². The number of aliphatic hydroxyl groups is 1. The van der Waals surface area contributed by atoms with Crippen LogP contribution >= 0.6 is 27.5 Å². The van der Waals surface area contributed by atoms with Crippen molar-refractivity contribution < 1.29 is 5.11 Å². The van der Waals surface area contributed by atoms with Crippen LogP contribution in [0.15, 0.2) is 17.0 Å². The Kier molecular flexibility index (Phi) is 3.41. The lowest BCUT2D eigenvalue weighted by atomic mass is 10.1. The predicted octanol–water partition coefficient (Wildman–Crippen LogP) is 2.52. The van der Waals surface area contributed by atoms with Crippen molar-refractivity contribution in [2.45, 2.75) is 25.5 Å². The highest BCUT2D eigenvalue weighted by Crippen LogP contribution is 2.34. The van der Waals surface area contributed by atoms with E-state index in [0.717, 1.165) is 6.54 Å². The van der Waals surface area contributed by atoms with Crippen LogP contribution in [0.1, 0.15) is 30.1 Å². The molecule has 2 aromatic rings. The van der Waals surface area contributed by atoms with E-state index in [-0.39, 0.29) is 0 Å². The quantitative estimate of drug-likeness (QED) is 0.926.